The summed E-state index contributed by atoms with van der Waals surface area (Å²) in [7, 11) is 2.03. The van der Waals surface area contributed by atoms with Crippen molar-refractivity contribution in [2.75, 3.05) is 13.7 Å². The zero-order valence-corrected chi connectivity index (χ0v) is 11.1. The maximum atomic E-state index is 5.93. The van der Waals surface area contributed by atoms with Gasteiger partial charge in [0.15, 0.2) is 0 Å². The molecule has 0 saturated carbocycles. The van der Waals surface area contributed by atoms with Gasteiger partial charge in [-0.1, -0.05) is 29.8 Å². The molecule has 1 aliphatic heterocycles. The Morgan fingerprint density at radius 1 is 1.35 bits per heavy atom. The molecule has 2 nitrogen and oxygen atoms in total. The number of ether oxygens (including phenoxy) is 1. The highest BCUT2D eigenvalue weighted by Crippen LogP contribution is 2.30. The minimum absolute atomic E-state index is 0.000361. The summed E-state index contributed by atoms with van der Waals surface area (Å²) in [5.74, 6) is 0. The topological polar surface area (TPSA) is 21.3 Å². The summed E-state index contributed by atoms with van der Waals surface area (Å²) in [4.78, 5) is 0. The van der Waals surface area contributed by atoms with Gasteiger partial charge < -0.3 is 10.1 Å². The molecule has 0 aromatic heterocycles. The van der Waals surface area contributed by atoms with Gasteiger partial charge in [-0.2, -0.15) is 0 Å². The van der Waals surface area contributed by atoms with Crippen molar-refractivity contribution in [3.63, 3.8) is 0 Å². The van der Waals surface area contributed by atoms with Gasteiger partial charge >= 0.3 is 0 Å². The summed E-state index contributed by atoms with van der Waals surface area (Å²) in [6.07, 6.45) is 3.38. The van der Waals surface area contributed by atoms with Crippen molar-refractivity contribution in [3.05, 3.63) is 35.4 Å². The highest BCUT2D eigenvalue weighted by Gasteiger charge is 2.37. The maximum absolute atomic E-state index is 5.93. The Kier molecular flexibility index (Phi) is 3.85. The lowest BCUT2D eigenvalue weighted by molar-refractivity contribution is -0.00943. The third-order valence-electron chi connectivity index (χ3n) is 3.90. The van der Waals surface area contributed by atoms with E-state index in [1.165, 1.54) is 17.5 Å². The molecule has 1 saturated heterocycles. The van der Waals surface area contributed by atoms with E-state index in [4.69, 9.17) is 4.74 Å². The van der Waals surface area contributed by atoms with Crippen LogP contribution in [0.5, 0.6) is 0 Å². The molecule has 0 bridgehead atoms. The molecule has 0 aliphatic carbocycles. The fraction of sp³-hybridized carbons (Fsp3) is 0.600. The van der Waals surface area contributed by atoms with E-state index in [1.807, 2.05) is 7.05 Å². The van der Waals surface area contributed by atoms with Crippen LogP contribution >= 0.6 is 0 Å². The summed E-state index contributed by atoms with van der Waals surface area (Å²) >= 11 is 0. The molecule has 0 radical (unpaired) electrons. The molecule has 2 rings (SSSR count). The second-order valence-electron chi connectivity index (χ2n) is 5.30. The van der Waals surface area contributed by atoms with Gasteiger partial charge in [-0.15, -0.1) is 0 Å². The molecule has 1 heterocycles. The Labute approximate surface area is 104 Å². The van der Waals surface area contributed by atoms with E-state index in [9.17, 15) is 0 Å². The van der Waals surface area contributed by atoms with Gasteiger partial charge in [0.2, 0.25) is 0 Å². The first-order valence-electron chi connectivity index (χ1n) is 6.51. The van der Waals surface area contributed by atoms with Gasteiger partial charge in [0.05, 0.1) is 5.60 Å². The molecule has 1 fully saturated rings. The van der Waals surface area contributed by atoms with Crippen molar-refractivity contribution in [2.45, 2.75) is 44.8 Å². The summed E-state index contributed by atoms with van der Waals surface area (Å²) in [6.45, 7) is 5.26. The third-order valence-corrected chi connectivity index (χ3v) is 3.90. The second kappa shape index (κ2) is 5.19. The number of rotatable bonds is 4. The Morgan fingerprint density at radius 3 is 2.59 bits per heavy atom. The van der Waals surface area contributed by atoms with Gasteiger partial charge in [-0.05, 0) is 45.7 Å². The molecular weight excluding hydrogens is 210 g/mol. The van der Waals surface area contributed by atoms with Crippen molar-refractivity contribution < 1.29 is 4.74 Å². The van der Waals surface area contributed by atoms with Gasteiger partial charge in [-0.3, -0.25) is 0 Å². The van der Waals surface area contributed by atoms with Crippen molar-refractivity contribution in [1.29, 1.82) is 0 Å². The predicted molar refractivity (Wildman–Crippen MR) is 71.3 cm³/mol. The van der Waals surface area contributed by atoms with Crippen molar-refractivity contribution in [2.24, 2.45) is 0 Å². The second-order valence-corrected chi connectivity index (χ2v) is 5.30. The van der Waals surface area contributed by atoms with Crippen LogP contribution in [0, 0.1) is 6.92 Å². The molecule has 1 aromatic rings. The van der Waals surface area contributed by atoms with Gasteiger partial charge in [-0.25, -0.2) is 0 Å². The molecular formula is C15H23NO. The van der Waals surface area contributed by atoms with Crippen LogP contribution in [-0.2, 0) is 11.2 Å². The first-order chi connectivity index (χ1) is 8.14. The van der Waals surface area contributed by atoms with E-state index < -0.39 is 0 Å². The van der Waals surface area contributed by atoms with Gasteiger partial charge in [0.1, 0.15) is 0 Å². The molecule has 0 amide bonds. The summed E-state index contributed by atoms with van der Waals surface area (Å²) in [5.41, 5.74) is 2.70. The van der Waals surface area contributed by atoms with Crippen LogP contribution in [0.15, 0.2) is 24.3 Å². The molecule has 1 aliphatic rings. The SMILES string of the molecule is CNC(Cc1ccc(C)cc1)C1(C)CCCO1. The number of likely N-dealkylation sites (N-methyl/N-ethyl adjacent to an activating group) is 1. The maximum Gasteiger partial charge on any atom is 0.0810 e. The number of hydrogen-bond donors (Lipinski definition) is 1. The molecule has 0 spiro atoms. The largest absolute Gasteiger partial charge is 0.374 e. The van der Waals surface area contributed by atoms with Gasteiger partial charge in [0, 0.05) is 12.6 Å². The number of nitrogens with one attached hydrogen (secondary N) is 1. The fourth-order valence-corrected chi connectivity index (χ4v) is 2.66. The van der Waals surface area contributed by atoms with E-state index in [2.05, 4.69) is 43.4 Å². The van der Waals surface area contributed by atoms with Crippen LogP contribution < -0.4 is 5.32 Å². The summed E-state index contributed by atoms with van der Waals surface area (Å²) in [5, 5.41) is 3.42. The van der Waals surface area contributed by atoms with E-state index in [1.54, 1.807) is 0 Å². The Hall–Kier alpha value is -0.860. The van der Waals surface area contributed by atoms with Crippen LogP contribution in [-0.4, -0.2) is 25.3 Å². The molecule has 17 heavy (non-hydrogen) atoms. The normalized spacial score (nSPS) is 26.1. The molecule has 2 atom stereocenters. The Morgan fingerprint density at radius 2 is 2.06 bits per heavy atom. The zero-order valence-electron chi connectivity index (χ0n) is 11.1. The smallest absolute Gasteiger partial charge is 0.0810 e. The minimum atomic E-state index is -0.000361. The van der Waals surface area contributed by atoms with E-state index >= 15 is 0 Å². The Bertz CT molecular complexity index is 352. The minimum Gasteiger partial charge on any atom is -0.374 e. The summed E-state index contributed by atoms with van der Waals surface area (Å²) < 4.78 is 5.93. The molecule has 1 N–H and O–H groups in total. The van der Waals surface area contributed by atoms with Crippen LogP contribution in [0.1, 0.15) is 30.9 Å². The average Bonchev–Trinajstić information content (AvgIpc) is 2.76. The van der Waals surface area contributed by atoms with Crippen LogP contribution in [0.2, 0.25) is 0 Å². The average molecular weight is 233 g/mol. The zero-order chi connectivity index (χ0) is 12.3. The first kappa shape index (κ1) is 12.6. The van der Waals surface area contributed by atoms with Crippen LogP contribution in [0.25, 0.3) is 0 Å². The highest BCUT2D eigenvalue weighted by molar-refractivity contribution is 5.22. The van der Waals surface area contributed by atoms with Crippen molar-refractivity contribution in [1.82, 2.24) is 5.32 Å². The molecule has 1 aromatic carbocycles. The first-order valence-corrected chi connectivity index (χ1v) is 6.51. The lowest BCUT2D eigenvalue weighted by Gasteiger charge is -2.33. The predicted octanol–water partition coefficient (Wildman–Crippen LogP) is 2.69. The van der Waals surface area contributed by atoms with Crippen LogP contribution in [0.3, 0.4) is 0 Å². The van der Waals surface area contributed by atoms with Crippen LogP contribution in [0.4, 0.5) is 0 Å². The monoisotopic (exact) mass is 233 g/mol. The molecule has 2 unspecified atom stereocenters. The molecule has 94 valence electrons. The standard InChI is InChI=1S/C15H23NO/c1-12-5-7-13(8-6-12)11-14(16-3)15(2)9-4-10-17-15/h5-8,14,16H,4,9-11H2,1-3H3. The van der Waals surface area contributed by atoms with E-state index in [-0.39, 0.29) is 5.60 Å². The number of aryl methyl sites for hydroxylation is 1. The number of benzene rings is 1. The molecule has 2 heteroatoms. The number of hydrogen-bond acceptors (Lipinski definition) is 2. The van der Waals surface area contributed by atoms with Gasteiger partial charge in [0.25, 0.3) is 0 Å². The van der Waals surface area contributed by atoms with E-state index in [0.717, 1.165) is 19.4 Å². The van der Waals surface area contributed by atoms with Crippen molar-refractivity contribution in [3.8, 4) is 0 Å². The Balaban J connectivity index is 2.06. The fourth-order valence-electron chi connectivity index (χ4n) is 2.66. The summed E-state index contributed by atoms with van der Waals surface area (Å²) in [6, 6.07) is 9.20. The lowest BCUT2D eigenvalue weighted by Crippen LogP contribution is -2.48. The lowest BCUT2D eigenvalue weighted by atomic mass is 9.88. The van der Waals surface area contributed by atoms with E-state index in [0.29, 0.717) is 6.04 Å². The quantitative estimate of drug-likeness (QED) is 0.863. The van der Waals surface area contributed by atoms with Crippen molar-refractivity contribution >= 4 is 0 Å². The third kappa shape index (κ3) is 2.88. The highest BCUT2D eigenvalue weighted by atomic mass is 16.5.